The SMILES string of the molecule is Cc1ccc(OCC(C)NC/C=C/C(=O)O)cc1. The molecule has 0 saturated carbocycles. The molecule has 1 aromatic rings. The highest BCUT2D eigenvalue weighted by Crippen LogP contribution is 2.11. The van der Waals surface area contributed by atoms with Crippen molar-refractivity contribution in [3.8, 4) is 5.75 Å². The Morgan fingerprint density at radius 3 is 2.72 bits per heavy atom. The minimum Gasteiger partial charge on any atom is -0.492 e. The lowest BCUT2D eigenvalue weighted by molar-refractivity contribution is -0.131. The van der Waals surface area contributed by atoms with Gasteiger partial charge in [0.25, 0.3) is 0 Å². The van der Waals surface area contributed by atoms with Gasteiger partial charge in [-0.1, -0.05) is 23.8 Å². The van der Waals surface area contributed by atoms with Crippen LogP contribution in [-0.2, 0) is 4.79 Å². The first kappa shape index (κ1) is 14.3. The van der Waals surface area contributed by atoms with E-state index in [0.717, 1.165) is 11.8 Å². The van der Waals surface area contributed by atoms with Gasteiger partial charge in [0.1, 0.15) is 12.4 Å². The number of nitrogens with one attached hydrogen (secondary N) is 1. The summed E-state index contributed by atoms with van der Waals surface area (Å²) in [5.41, 5.74) is 1.20. The van der Waals surface area contributed by atoms with Gasteiger partial charge < -0.3 is 15.2 Å². The van der Waals surface area contributed by atoms with E-state index >= 15 is 0 Å². The van der Waals surface area contributed by atoms with E-state index in [1.54, 1.807) is 6.08 Å². The molecule has 0 fully saturated rings. The molecule has 0 spiro atoms. The second kappa shape index (κ2) is 7.50. The molecular weight excluding hydrogens is 230 g/mol. The van der Waals surface area contributed by atoms with Crippen molar-refractivity contribution in [2.45, 2.75) is 19.9 Å². The summed E-state index contributed by atoms with van der Waals surface area (Å²) in [6.45, 7) is 5.08. The van der Waals surface area contributed by atoms with Crippen molar-refractivity contribution in [1.82, 2.24) is 5.32 Å². The number of rotatable bonds is 7. The van der Waals surface area contributed by atoms with Crippen LogP contribution in [0.2, 0.25) is 0 Å². The molecule has 0 aliphatic carbocycles. The van der Waals surface area contributed by atoms with Gasteiger partial charge in [-0.2, -0.15) is 0 Å². The van der Waals surface area contributed by atoms with Crippen LogP contribution in [0.1, 0.15) is 12.5 Å². The molecule has 0 aromatic heterocycles. The fraction of sp³-hybridized carbons (Fsp3) is 0.357. The number of carboxylic acid groups (broad SMARTS) is 1. The van der Waals surface area contributed by atoms with Crippen LogP contribution >= 0.6 is 0 Å². The van der Waals surface area contributed by atoms with E-state index < -0.39 is 5.97 Å². The lowest BCUT2D eigenvalue weighted by atomic mass is 10.2. The van der Waals surface area contributed by atoms with Crippen LogP contribution in [0.4, 0.5) is 0 Å². The van der Waals surface area contributed by atoms with Gasteiger partial charge in [-0.25, -0.2) is 4.79 Å². The number of carbonyl (C=O) groups is 1. The topological polar surface area (TPSA) is 58.6 Å². The van der Waals surface area contributed by atoms with Crippen molar-refractivity contribution in [2.24, 2.45) is 0 Å². The predicted molar refractivity (Wildman–Crippen MR) is 70.9 cm³/mol. The molecular formula is C14H19NO3. The molecule has 0 radical (unpaired) electrons. The number of hydrogen-bond acceptors (Lipinski definition) is 3. The molecule has 0 aliphatic rings. The van der Waals surface area contributed by atoms with E-state index in [4.69, 9.17) is 9.84 Å². The summed E-state index contributed by atoms with van der Waals surface area (Å²) in [4.78, 5) is 10.2. The largest absolute Gasteiger partial charge is 0.492 e. The summed E-state index contributed by atoms with van der Waals surface area (Å²) < 4.78 is 5.60. The number of aliphatic carboxylic acids is 1. The zero-order valence-corrected chi connectivity index (χ0v) is 10.7. The summed E-state index contributed by atoms with van der Waals surface area (Å²) in [7, 11) is 0. The standard InChI is InChI=1S/C14H19NO3/c1-11-5-7-13(8-6-11)18-10-12(2)15-9-3-4-14(16)17/h3-8,12,15H,9-10H2,1-2H3,(H,16,17)/b4-3+. The number of aryl methyl sites for hydroxylation is 1. The molecule has 0 heterocycles. The zero-order valence-electron chi connectivity index (χ0n) is 10.7. The maximum absolute atomic E-state index is 10.2. The number of benzene rings is 1. The maximum atomic E-state index is 10.2. The molecule has 0 amide bonds. The molecule has 1 rings (SSSR count). The Hall–Kier alpha value is -1.81. The third kappa shape index (κ3) is 6.06. The van der Waals surface area contributed by atoms with Gasteiger partial charge in [-0.05, 0) is 26.0 Å². The molecule has 1 atom stereocenters. The van der Waals surface area contributed by atoms with Crippen molar-refractivity contribution < 1.29 is 14.6 Å². The molecule has 0 bridgehead atoms. The third-order valence-electron chi connectivity index (χ3n) is 2.37. The van der Waals surface area contributed by atoms with Crippen molar-refractivity contribution in [2.75, 3.05) is 13.2 Å². The van der Waals surface area contributed by atoms with Gasteiger partial charge in [0.05, 0.1) is 0 Å². The van der Waals surface area contributed by atoms with Gasteiger partial charge >= 0.3 is 5.97 Å². The van der Waals surface area contributed by atoms with Crippen molar-refractivity contribution in [3.63, 3.8) is 0 Å². The first-order valence-corrected chi connectivity index (χ1v) is 5.90. The van der Waals surface area contributed by atoms with E-state index in [1.807, 2.05) is 38.1 Å². The van der Waals surface area contributed by atoms with E-state index in [-0.39, 0.29) is 6.04 Å². The lowest BCUT2D eigenvalue weighted by Crippen LogP contribution is -2.31. The van der Waals surface area contributed by atoms with Gasteiger partial charge in [0.2, 0.25) is 0 Å². The summed E-state index contributed by atoms with van der Waals surface area (Å²) in [6, 6.07) is 8.04. The Kier molecular flexibility index (Phi) is 5.94. The van der Waals surface area contributed by atoms with Crippen LogP contribution in [0.3, 0.4) is 0 Å². The molecule has 4 heteroatoms. The highest BCUT2D eigenvalue weighted by Gasteiger charge is 2.01. The predicted octanol–water partition coefficient (Wildman–Crippen LogP) is 1.99. The average Bonchev–Trinajstić information content (AvgIpc) is 2.34. The lowest BCUT2D eigenvalue weighted by Gasteiger charge is -2.13. The molecule has 2 N–H and O–H groups in total. The molecule has 4 nitrogen and oxygen atoms in total. The first-order valence-electron chi connectivity index (χ1n) is 5.90. The Morgan fingerprint density at radius 1 is 1.44 bits per heavy atom. The maximum Gasteiger partial charge on any atom is 0.328 e. The Balaban J connectivity index is 2.22. The van der Waals surface area contributed by atoms with Crippen LogP contribution in [0.5, 0.6) is 5.75 Å². The molecule has 1 unspecified atom stereocenters. The third-order valence-corrected chi connectivity index (χ3v) is 2.37. The molecule has 18 heavy (non-hydrogen) atoms. The average molecular weight is 249 g/mol. The first-order chi connectivity index (χ1) is 8.58. The summed E-state index contributed by atoms with van der Waals surface area (Å²) in [5.74, 6) is -0.0873. The van der Waals surface area contributed by atoms with Crippen LogP contribution in [-0.4, -0.2) is 30.3 Å². The Morgan fingerprint density at radius 2 is 2.11 bits per heavy atom. The molecule has 1 aromatic carbocycles. The summed E-state index contributed by atoms with van der Waals surface area (Å²) in [5, 5.41) is 11.6. The summed E-state index contributed by atoms with van der Waals surface area (Å²) >= 11 is 0. The minimum atomic E-state index is -0.930. The fourth-order valence-electron chi connectivity index (χ4n) is 1.34. The zero-order chi connectivity index (χ0) is 13.4. The molecule has 98 valence electrons. The highest BCUT2D eigenvalue weighted by molar-refractivity contribution is 5.79. The second-order valence-corrected chi connectivity index (χ2v) is 4.17. The van der Waals surface area contributed by atoms with Crippen LogP contribution < -0.4 is 10.1 Å². The van der Waals surface area contributed by atoms with Crippen molar-refractivity contribution in [1.29, 1.82) is 0 Å². The minimum absolute atomic E-state index is 0.157. The normalized spacial score (nSPS) is 12.6. The smallest absolute Gasteiger partial charge is 0.328 e. The van der Waals surface area contributed by atoms with Crippen LogP contribution in [0.15, 0.2) is 36.4 Å². The molecule has 0 saturated heterocycles. The Bertz CT molecular complexity index is 398. The monoisotopic (exact) mass is 249 g/mol. The van der Waals surface area contributed by atoms with Crippen LogP contribution in [0, 0.1) is 6.92 Å². The van der Waals surface area contributed by atoms with Gasteiger partial charge in [0, 0.05) is 18.7 Å². The van der Waals surface area contributed by atoms with Crippen molar-refractivity contribution in [3.05, 3.63) is 42.0 Å². The van der Waals surface area contributed by atoms with Crippen LogP contribution in [0.25, 0.3) is 0 Å². The summed E-state index contributed by atoms with van der Waals surface area (Å²) in [6.07, 6.45) is 2.70. The van der Waals surface area contributed by atoms with E-state index in [2.05, 4.69) is 5.32 Å². The van der Waals surface area contributed by atoms with E-state index in [0.29, 0.717) is 13.2 Å². The fourth-order valence-corrected chi connectivity index (χ4v) is 1.34. The molecule has 0 aliphatic heterocycles. The van der Waals surface area contributed by atoms with Gasteiger partial charge in [-0.15, -0.1) is 0 Å². The Labute approximate surface area is 107 Å². The van der Waals surface area contributed by atoms with Crippen molar-refractivity contribution >= 4 is 5.97 Å². The quantitative estimate of drug-likeness (QED) is 0.726. The number of hydrogen-bond donors (Lipinski definition) is 2. The van der Waals surface area contributed by atoms with E-state index in [9.17, 15) is 4.79 Å². The number of carboxylic acids is 1. The van der Waals surface area contributed by atoms with Gasteiger partial charge in [-0.3, -0.25) is 0 Å². The second-order valence-electron chi connectivity index (χ2n) is 4.17. The van der Waals surface area contributed by atoms with E-state index in [1.165, 1.54) is 5.56 Å². The highest BCUT2D eigenvalue weighted by atomic mass is 16.5. The number of ether oxygens (including phenoxy) is 1. The van der Waals surface area contributed by atoms with Gasteiger partial charge in [0.15, 0.2) is 0 Å².